The molecule has 1 unspecified atom stereocenters. The third kappa shape index (κ3) is 4.83. The molecule has 0 saturated carbocycles. The van der Waals surface area contributed by atoms with Gasteiger partial charge in [0.25, 0.3) is 0 Å². The van der Waals surface area contributed by atoms with E-state index in [-0.39, 0.29) is 23.7 Å². The lowest BCUT2D eigenvalue weighted by atomic mass is 10.1. The van der Waals surface area contributed by atoms with Gasteiger partial charge in [0.15, 0.2) is 5.16 Å². The van der Waals surface area contributed by atoms with Crippen LogP contribution < -0.4 is 5.32 Å². The number of nitrogens with zero attached hydrogens (tertiary/aromatic N) is 2. The summed E-state index contributed by atoms with van der Waals surface area (Å²) >= 11 is 2.93. The molecule has 4 rings (SSSR count). The maximum Gasteiger partial charge on any atom is 0.341 e. The number of aromatic nitrogens is 2. The molecule has 2 aromatic heterocycles. The lowest BCUT2D eigenvalue weighted by Gasteiger charge is -2.14. The van der Waals surface area contributed by atoms with E-state index in [9.17, 15) is 9.59 Å². The molecule has 0 bridgehead atoms. The Hall–Kier alpha value is -1.84. The van der Waals surface area contributed by atoms with Crippen LogP contribution in [0.1, 0.15) is 58.4 Å². The average Bonchev–Trinajstić information content (AvgIpc) is 3.49. The van der Waals surface area contributed by atoms with Crippen molar-refractivity contribution in [1.82, 2.24) is 9.55 Å². The summed E-state index contributed by atoms with van der Waals surface area (Å²) in [7, 11) is 0. The number of ether oxygens (including phenoxy) is 2. The normalized spacial score (nSPS) is 17.7. The van der Waals surface area contributed by atoms with Gasteiger partial charge in [0, 0.05) is 17.2 Å². The van der Waals surface area contributed by atoms with Crippen LogP contribution in [0.25, 0.3) is 0 Å². The molecule has 1 saturated heterocycles. The van der Waals surface area contributed by atoms with Crippen LogP contribution in [0.3, 0.4) is 0 Å². The van der Waals surface area contributed by atoms with Gasteiger partial charge in [-0.1, -0.05) is 11.8 Å². The predicted octanol–water partition coefficient (Wildman–Crippen LogP) is 4.14. The summed E-state index contributed by atoms with van der Waals surface area (Å²) in [4.78, 5) is 31.1. The number of fused-ring (bicyclic) bond motifs is 1. The molecule has 9 heteroatoms. The van der Waals surface area contributed by atoms with Crippen LogP contribution in [0.4, 0.5) is 5.00 Å². The maximum absolute atomic E-state index is 12.8. The van der Waals surface area contributed by atoms with Crippen LogP contribution in [0.2, 0.25) is 0 Å². The standard InChI is InChI=1S/C22H29N3O4S2/c1-4-28-21(27)19-16-8-5-9-17(16)31-20(19)24-18(26)12-30-22-23-13(2)14(3)25(22)11-15-7-6-10-29-15/h15H,4-12H2,1-3H3,(H,24,26). The molecule has 1 fully saturated rings. The van der Waals surface area contributed by atoms with Crippen molar-refractivity contribution in [2.24, 2.45) is 0 Å². The molecule has 3 heterocycles. The van der Waals surface area contributed by atoms with Crippen molar-refractivity contribution in [2.75, 3.05) is 24.3 Å². The van der Waals surface area contributed by atoms with Gasteiger partial charge in [0.1, 0.15) is 5.00 Å². The number of carbonyl (C=O) groups is 2. The van der Waals surface area contributed by atoms with Crippen LogP contribution in [0, 0.1) is 13.8 Å². The topological polar surface area (TPSA) is 82.5 Å². The number of rotatable bonds is 8. The van der Waals surface area contributed by atoms with E-state index in [1.54, 1.807) is 6.92 Å². The number of hydrogen-bond donors (Lipinski definition) is 1. The quantitative estimate of drug-likeness (QED) is 0.468. The van der Waals surface area contributed by atoms with Crippen molar-refractivity contribution >= 4 is 40.0 Å². The van der Waals surface area contributed by atoms with Gasteiger partial charge in [0.2, 0.25) is 5.91 Å². The van der Waals surface area contributed by atoms with Crippen LogP contribution in [0.15, 0.2) is 5.16 Å². The van der Waals surface area contributed by atoms with Crippen molar-refractivity contribution in [3.63, 3.8) is 0 Å². The van der Waals surface area contributed by atoms with E-state index in [0.717, 1.165) is 67.4 Å². The number of imidazole rings is 1. The molecule has 31 heavy (non-hydrogen) atoms. The number of carbonyl (C=O) groups excluding carboxylic acids is 2. The highest BCUT2D eigenvalue weighted by Crippen LogP contribution is 2.39. The zero-order valence-electron chi connectivity index (χ0n) is 18.3. The second-order valence-corrected chi connectivity index (χ2v) is 9.98. The summed E-state index contributed by atoms with van der Waals surface area (Å²) in [6.45, 7) is 7.74. The molecule has 1 atom stereocenters. The van der Waals surface area contributed by atoms with Crippen LogP contribution >= 0.6 is 23.1 Å². The Kier molecular flexibility index (Phi) is 7.03. The first-order chi connectivity index (χ1) is 15.0. The molecule has 0 spiro atoms. The van der Waals surface area contributed by atoms with Gasteiger partial charge in [0.05, 0.1) is 36.3 Å². The molecular weight excluding hydrogens is 434 g/mol. The fourth-order valence-electron chi connectivity index (χ4n) is 4.15. The first kappa shape index (κ1) is 22.4. The summed E-state index contributed by atoms with van der Waals surface area (Å²) in [5.41, 5.74) is 3.67. The summed E-state index contributed by atoms with van der Waals surface area (Å²) in [5, 5.41) is 4.41. The minimum absolute atomic E-state index is 0.141. The predicted molar refractivity (Wildman–Crippen MR) is 122 cm³/mol. The summed E-state index contributed by atoms with van der Waals surface area (Å²) in [6.07, 6.45) is 5.22. The smallest absolute Gasteiger partial charge is 0.341 e. The molecule has 0 aromatic carbocycles. The van der Waals surface area contributed by atoms with E-state index in [1.807, 2.05) is 6.92 Å². The van der Waals surface area contributed by atoms with Gasteiger partial charge < -0.3 is 19.4 Å². The Morgan fingerprint density at radius 2 is 2.16 bits per heavy atom. The lowest BCUT2D eigenvalue weighted by Crippen LogP contribution is -2.19. The monoisotopic (exact) mass is 463 g/mol. The highest BCUT2D eigenvalue weighted by atomic mass is 32.2. The Bertz CT molecular complexity index is 976. The number of thioether (sulfide) groups is 1. The van der Waals surface area contributed by atoms with Crippen LogP contribution in [-0.4, -0.2) is 46.5 Å². The molecule has 1 aliphatic carbocycles. The lowest BCUT2D eigenvalue weighted by molar-refractivity contribution is -0.113. The van der Waals surface area contributed by atoms with Gasteiger partial charge in [-0.05, 0) is 58.4 Å². The van der Waals surface area contributed by atoms with E-state index < -0.39 is 0 Å². The fraction of sp³-hybridized carbons (Fsp3) is 0.591. The van der Waals surface area contributed by atoms with Crippen molar-refractivity contribution in [2.45, 2.75) is 70.7 Å². The minimum Gasteiger partial charge on any atom is -0.462 e. The average molecular weight is 464 g/mol. The SMILES string of the molecule is CCOC(=O)c1c(NC(=O)CSc2nc(C)c(C)n2CC2CCCO2)sc2c1CCC2. The number of esters is 1. The first-order valence-electron chi connectivity index (χ1n) is 10.9. The van der Waals surface area contributed by atoms with Crippen molar-refractivity contribution in [3.8, 4) is 0 Å². The largest absolute Gasteiger partial charge is 0.462 e. The van der Waals surface area contributed by atoms with Gasteiger partial charge in [-0.3, -0.25) is 4.79 Å². The maximum atomic E-state index is 12.8. The number of nitrogens with one attached hydrogen (secondary N) is 1. The summed E-state index contributed by atoms with van der Waals surface area (Å²) in [5.74, 6) is -0.257. The van der Waals surface area contributed by atoms with E-state index >= 15 is 0 Å². The van der Waals surface area contributed by atoms with E-state index in [1.165, 1.54) is 28.0 Å². The van der Waals surface area contributed by atoms with Crippen molar-refractivity contribution in [1.29, 1.82) is 0 Å². The first-order valence-corrected chi connectivity index (χ1v) is 12.7. The second kappa shape index (κ2) is 9.75. The van der Waals surface area contributed by atoms with E-state index in [2.05, 4.69) is 21.8 Å². The third-order valence-corrected chi connectivity index (χ3v) is 8.00. The molecule has 2 aromatic rings. The zero-order valence-corrected chi connectivity index (χ0v) is 19.9. The summed E-state index contributed by atoms with van der Waals surface area (Å²) in [6, 6.07) is 0. The van der Waals surface area contributed by atoms with Gasteiger partial charge in [-0.2, -0.15) is 0 Å². The zero-order chi connectivity index (χ0) is 22.0. The van der Waals surface area contributed by atoms with E-state index in [4.69, 9.17) is 9.47 Å². The molecule has 1 aliphatic heterocycles. The molecule has 2 aliphatic rings. The van der Waals surface area contributed by atoms with Crippen molar-refractivity contribution in [3.05, 3.63) is 27.4 Å². The minimum atomic E-state index is -0.344. The highest BCUT2D eigenvalue weighted by molar-refractivity contribution is 7.99. The fourth-order valence-corrected chi connectivity index (χ4v) is 6.34. The molecule has 1 amide bonds. The van der Waals surface area contributed by atoms with Gasteiger partial charge in [-0.25, -0.2) is 9.78 Å². The van der Waals surface area contributed by atoms with Crippen LogP contribution in [0.5, 0.6) is 0 Å². The number of thiophene rings is 1. The molecule has 1 N–H and O–H groups in total. The Morgan fingerprint density at radius 3 is 2.90 bits per heavy atom. The molecule has 168 valence electrons. The number of aryl methyl sites for hydroxylation is 2. The molecule has 0 radical (unpaired) electrons. The Balaban J connectivity index is 1.44. The third-order valence-electron chi connectivity index (χ3n) is 5.82. The van der Waals surface area contributed by atoms with E-state index in [0.29, 0.717) is 17.2 Å². The second-order valence-electron chi connectivity index (χ2n) is 7.93. The number of anilines is 1. The Morgan fingerprint density at radius 1 is 1.32 bits per heavy atom. The van der Waals surface area contributed by atoms with Crippen molar-refractivity contribution < 1.29 is 19.1 Å². The highest BCUT2D eigenvalue weighted by Gasteiger charge is 2.28. The molecule has 7 nitrogen and oxygen atoms in total. The number of hydrogen-bond acceptors (Lipinski definition) is 7. The van der Waals surface area contributed by atoms with Crippen LogP contribution in [-0.2, 0) is 33.7 Å². The van der Waals surface area contributed by atoms with Gasteiger partial charge >= 0.3 is 5.97 Å². The number of amides is 1. The van der Waals surface area contributed by atoms with Gasteiger partial charge in [-0.15, -0.1) is 11.3 Å². The summed E-state index contributed by atoms with van der Waals surface area (Å²) < 4.78 is 13.2. The molecular formula is C22H29N3O4S2. The Labute approximate surface area is 190 Å².